The molecule has 0 fully saturated rings. The highest BCUT2D eigenvalue weighted by molar-refractivity contribution is 6.00. The highest BCUT2D eigenvalue weighted by Gasteiger charge is 2.06. The lowest BCUT2D eigenvalue weighted by molar-refractivity contribution is 0.0697. The van der Waals surface area contributed by atoms with Crippen LogP contribution in [-0.2, 0) is 0 Å². The molecule has 92 valence electrons. The summed E-state index contributed by atoms with van der Waals surface area (Å²) in [5, 5.41) is 20.1. The molecule has 4 N–H and O–H groups in total. The summed E-state index contributed by atoms with van der Waals surface area (Å²) >= 11 is 0. The molecule has 18 heavy (non-hydrogen) atoms. The van der Waals surface area contributed by atoms with Gasteiger partial charge < -0.3 is 15.7 Å². The number of benzene rings is 1. The van der Waals surface area contributed by atoms with E-state index in [0.717, 1.165) is 0 Å². The molecule has 0 saturated carbocycles. The van der Waals surface area contributed by atoms with Crippen molar-refractivity contribution in [3.8, 4) is 0 Å². The van der Waals surface area contributed by atoms with Crippen LogP contribution in [0.4, 0.5) is 16.2 Å². The second-order valence-corrected chi connectivity index (χ2v) is 3.45. The van der Waals surface area contributed by atoms with Crippen molar-refractivity contribution in [3.05, 3.63) is 42.2 Å². The van der Waals surface area contributed by atoms with Crippen LogP contribution in [0.15, 0.2) is 36.7 Å². The predicted octanol–water partition coefficient (Wildman–Crippen LogP) is 1.75. The Morgan fingerprint density at radius 3 is 2.67 bits per heavy atom. The molecule has 0 spiro atoms. The number of carboxylic acid groups (broad SMARTS) is 1. The van der Waals surface area contributed by atoms with Gasteiger partial charge in [-0.1, -0.05) is 6.07 Å². The summed E-state index contributed by atoms with van der Waals surface area (Å²) in [5.41, 5.74) is 1.02. The molecule has 2 aromatic rings. The SMILES string of the molecule is O=C(Nc1cn[nH]c1)Nc1cccc(C(=O)O)c1. The first kappa shape index (κ1) is 11.6. The van der Waals surface area contributed by atoms with E-state index >= 15 is 0 Å². The highest BCUT2D eigenvalue weighted by Crippen LogP contribution is 2.11. The minimum absolute atomic E-state index is 0.108. The minimum Gasteiger partial charge on any atom is -0.478 e. The Morgan fingerprint density at radius 1 is 1.22 bits per heavy atom. The molecule has 0 unspecified atom stereocenters. The van der Waals surface area contributed by atoms with E-state index in [1.54, 1.807) is 12.1 Å². The third-order valence-corrected chi connectivity index (χ3v) is 2.12. The number of hydrogen-bond donors (Lipinski definition) is 4. The lowest BCUT2D eigenvalue weighted by Gasteiger charge is -2.06. The third-order valence-electron chi connectivity index (χ3n) is 2.12. The predicted molar refractivity (Wildman–Crippen MR) is 64.6 cm³/mol. The number of nitrogens with one attached hydrogen (secondary N) is 3. The van der Waals surface area contributed by atoms with Crippen LogP contribution in [0.3, 0.4) is 0 Å². The van der Waals surface area contributed by atoms with Gasteiger partial charge in [0.25, 0.3) is 0 Å². The second kappa shape index (κ2) is 5.00. The molecule has 7 heteroatoms. The minimum atomic E-state index is -1.05. The number of hydrogen-bond acceptors (Lipinski definition) is 3. The lowest BCUT2D eigenvalue weighted by atomic mass is 10.2. The molecule has 0 aliphatic carbocycles. The van der Waals surface area contributed by atoms with Gasteiger partial charge in [-0.15, -0.1) is 0 Å². The molecule has 0 bridgehead atoms. The highest BCUT2D eigenvalue weighted by atomic mass is 16.4. The summed E-state index contributed by atoms with van der Waals surface area (Å²) in [6.07, 6.45) is 2.97. The molecule has 1 heterocycles. The van der Waals surface area contributed by atoms with E-state index in [1.807, 2.05) is 0 Å². The van der Waals surface area contributed by atoms with Gasteiger partial charge in [0.2, 0.25) is 0 Å². The van der Waals surface area contributed by atoms with Crippen molar-refractivity contribution in [2.24, 2.45) is 0 Å². The molecular formula is C11H10N4O3. The molecule has 1 aromatic carbocycles. The second-order valence-electron chi connectivity index (χ2n) is 3.45. The number of carboxylic acids is 1. The first-order valence-electron chi connectivity index (χ1n) is 5.05. The molecule has 0 radical (unpaired) electrons. The normalized spacial score (nSPS) is 9.78. The molecule has 0 aliphatic rings. The van der Waals surface area contributed by atoms with Crippen LogP contribution in [0.25, 0.3) is 0 Å². The molecule has 2 rings (SSSR count). The van der Waals surface area contributed by atoms with Crippen LogP contribution in [0.1, 0.15) is 10.4 Å². The molecule has 1 aromatic heterocycles. The summed E-state index contributed by atoms with van der Waals surface area (Å²) in [4.78, 5) is 22.3. The number of carbonyl (C=O) groups is 2. The van der Waals surface area contributed by atoms with Gasteiger partial charge in [-0.25, -0.2) is 9.59 Å². The quantitative estimate of drug-likeness (QED) is 0.661. The zero-order valence-corrected chi connectivity index (χ0v) is 9.18. The van der Waals surface area contributed by atoms with Crippen molar-refractivity contribution in [1.29, 1.82) is 0 Å². The Kier molecular flexibility index (Phi) is 3.24. The van der Waals surface area contributed by atoms with E-state index in [1.165, 1.54) is 24.5 Å². The average molecular weight is 246 g/mol. The number of carbonyl (C=O) groups excluding carboxylic acids is 1. The zero-order chi connectivity index (χ0) is 13.0. The topological polar surface area (TPSA) is 107 Å². The monoisotopic (exact) mass is 246 g/mol. The number of amides is 2. The number of aromatic carboxylic acids is 1. The molecule has 0 aliphatic heterocycles. The molecule has 2 amide bonds. The van der Waals surface area contributed by atoms with Crippen molar-refractivity contribution in [2.75, 3.05) is 10.6 Å². The number of rotatable bonds is 3. The number of anilines is 2. The van der Waals surface area contributed by atoms with Gasteiger partial charge in [0.1, 0.15) is 0 Å². The van der Waals surface area contributed by atoms with Gasteiger partial charge in [0.05, 0.1) is 17.4 Å². The van der Waals surface area contributed by atoms with E-state index in [2.05, 4.69) is 20.8 Å². The maximum Gasteiger partial charge on any atom is 0.335 e. The van der Waals surface area contributed by atoms with Gasteiger partial charge >= 0.3 is 12.0 Å². The average Bonchev–Trinajstić information content (AvgIpc) is 2.82. The van der Waals surface area contributed by atoms with Crippen molar-refractivity contribution in [1.82, 2.24) is 10.2 Å². The smallest absolute Gasteiger partial charge is 0.335 e. The van der Waals surface area contributed by atoms with Gasteiger partial charge in [-0.05, 0) is 18.2 Å². The van der Waals surface area contributed by atoms with Crippen molar-refractivity contribution >= 4 is 23.4 Å². The van der Waals surface area contributed by atoms with Crippen LogP contribution in [0.5, 0.6) is 0 Å². The molecular weight excluding hydrogens is 236 g/mol. The summed E-state index contributed by atoms with van der Waals surface area (Å²) in [7, 11) is 0. The Balaban J connectivity index is 2.03. The Bertz CT molecular complexity index is 565. The number of nitrogens with zero attached hydrogens (tertiary/aromatic N) is 1. The van der Waals surface area contributed by atoms with Crippen molar-refractivity contribution in [2.45, 2.75) is 0 Å². The summed E-state index contributed by atoms with van der Waals surface area (Å²) in [6.45, 7) is 0. The number of H-pyrrole nitrogens is 1. The van der Waals surface area contributed by atoms with Gasteiger partial charge in [-0.2, -0.15) is 5.10 Å². The Hall–Kier alpha value is -2.83. The summed E-state index contributed by atoms with van der Waals surface area (Å²) < 4.78 is 0. The van der Waals surface area contributed by atoms with Crippen LogP contribution >= 0.6 is 0 Å². The standard InChI is InChI=1S/C11H10N4O3/c16-10(17)7-2-1-3-8(4-7)14-11(18)15-9-5-12-13-6-9/h1-6H,(H,12,13)(H,16,17)(H2,14,15,18). The maximum absolute atomic E-state index is 11.5. The van der Waals surface area contributed by atoms with Crippen LogP contribution in [0.2, 0.25) is 0 Å². The van der Waals surface area contributed by atoms with E-state index in [4.69, 9.17) is 5.11 Å². The molecule has 7 nitrogen and oxygen atoms in total. The molecule has 0 atom stereocenters. The molecule has 0 saturated heterocycles. The maximum atomic E-state index is 11.5. The summed E-state index contributed by atoms with van der Waals surface area (Å²) in [5.74, 6) is -1.05. The van der Waals surface area contributed by atoms with Gasteiger partial charge in [0, 0.05) is 11.9 Å². The van der Waals surface area contributed by atoms with Crippen LogP contribution in [-0.4, -0.2) is 27.3 Å². The first-order valence-corrected chi connectivity index (χ1v) is 5.05. The third kappa shape index (κ3) is 2.85. The largest absolute Gasteiger partial charge is 0.478 e. The van der Waals surface area contributed by atoms with Gasteiger partial charge in [0.15, 0.2) is 0 Å². The van der Waals surface area contributed by atoms with Crippen molar-refractivity contribution < 1.29 is 14.7 Å². The summed E-state index contributed by atoms with van der Waals surface area (Å²) in [6, 6.07) is 5.50. The first-order chi connectivity index (χ1) is 8.65. The Labute approximate surface area is 102 Å². The van der Waals surface area contributed by atoms with E-state index in [-0.39, 0.29) is 5.56 Å². The fourth-order valence-electron chi connectivity index (χ4n) is 1.34. The fourth-order valence-corrected chi connectivity index (χ4v) is 1.34. The number of aromatic amines is 1. The van der Waals surface area contributed by atoms with Gasteiger partial charge in [-0.3, -0.25) is 5.10 Å². The van der Waals surface area contributed by atoms with E-state index < -0.39 is 12.0 Å². The lowest BCUT2D eigenvalue weighted by Crippen LogP contribution is -2.19. The van der Waals surface area contributed by atoms with Crippen LogP contribution < -0.4 is 10.6 Å². The Morgan fingerprint density at radius 2 is 2.00 bits per heavy atom. The zero-order valence-electron chi connectivity index (χ0n) is 9.18. The van der Waals surface area contributed by atoms with E-state index in [0.29, 0.717) is 11.4 Å². The number of aromatic nitrogens is 2. The fraction of sp³-hybridized carbons (Fsp3) is 0. The number of urea groups is 1. The van der Waals surface area contributed by atoms with Crippen LogP contribution in [0, 0.1) is 0 Å². The van der Waals surface area contributed by atoms with Crippen molar-refractivity contribution in [3.63, 3.8) is 0 Å². The van der Waals surface area contributed by atoms with E-state index in [9.17, 15) is 9.59 Å².